The lowest BCUT2D eigenvalue weighted by Gasteiger charge is -2.33. The first-order valence-electron chi connectivity index (χ1n) is 8.15. The summed E-state index contributed by atoms with van der Waals surface area (Å²) >= 11 is 0. The zero-order valence-electron chi connectivity index (χ0n) is 14.4. The lowest BCUT2D eigenvalue weighted by Crippen LogP contribution is -2.43. The van der Waals surface area contributed by atoms with E-state index in [-0.39, 0.29) is 17.8 Å². The fourth-order valence-corrected chi connectivity index (χ4v) is 3.57. The van der Waals surface area contributed by atoms with Gasteiger partial charge in [-0.25, -0.2) is 13.2 Å². The number of sulfone groups is 1. The molecule has 6 nitrogen and oxygen atoms in total. The number of benzene rings is 1. The molecule has 1 N–H and O–H groups in total. The van der Waals surface area contributed by atoms with Crippen LogP contribution in [0.25, 0.3) is 0 Å². The summed E-state index contributed by atoms with van der Waals surface area (Å²) in [5, 5.41) is 2.87. The molecule has 0 unspecified atom stereocenters. The molecule has 0 atom stereocenters. The van der Waals surface area contributed by atoms with Gasteiger partial charge in [0.15, 0.2) is 0 Å². The predicted molar refractivity (Wildman–Crippen MR) is 89.5 cm³/mol. The Kier molecular flexibility index (Phi) is 6.05. The molecule has 1 aliphatic rings. The summed E-state index contributed by atoms with van der Waals surface area (Å²) in [5.74, 6) is 0. The maximum Gasteiger partial charge on any atom is 0.501 e. The molecular formula is C16H21F3N2O4S. The Morgan fingerprint density at radius 3 is 2.35 bits per heavy atom. The van der Waals surface area contributed by atoms with Crippen LogP contribution >= 0.6 is 0 Å². The number of hydrogen-bond acceptors (Lipinski definition) is 5. The average Bonchev–Trinajstić information content (AvgIpc) is 2.54. The number of carbonyl (C=O) groups excluding carboxylic acids is 1. The number of carbonyl (C=O) groups is 1. The molecule has 1 aliphatic heterocycles. The van der Waals surface area contributed by atoms with Crippen molar-refractivity contribution in [3.63, 3.8) is 0 Å². The van der Waals surface area contributed by atoms with Gasteiger partial charge in [0, 0.05) is 19.1 Å². The molecule has 1 aromatic rings. The summed E-state index contributed by atoms with van der Waals surface area (Å²) in [6.45, 7) is 4.23. The Labute approximate surface area is 150 Å². The van der Waals surface area contributed by atoms with Gasteiger partial charge in [-0.05, 0) is 38.8 Å². The lowest BCUT2D eigenvalue weighted by atomic mass is 10.1. The molecule has 26 heavy (non-hydrogen) atoms. The van der Waals surface area contributed by atoms with Crippen LogP contribution in [0.3, 0.4) is 0 Å². The van der Waals surface area contributed by atoms with E-state index >= 15 is 0 Å². The van der Waals surface area contributed by atoms with E-state index in [1.54, 1.807) is 13.8 Å². The largest absolute Gasteiger partial charge is 0.501 e. The second-order valence-corrected chi connectivity index (χ2v) is 8.19. The van der Waals surface area contributed by atoms with Gasteiger partial charge in [-0.3, -0.25) is 0 Å². The van der Waals surface area contributed by atoms with Crippen LogP contribution in [0.5, 0.6) is 0 Å². The highest BCUT2D eigenvalue weighted by atomic mass is 32.2. The summed E-state index contributed by atoms with van der Waals surface area (Å²) in [7, 11) is -5.44. The van der Waals surface area contributed by atoms with Crippen LogP contribution in [-0.2, 0) is 14.6 Å². The van der Waals surface area contributed by atoms with E-state index in [4.69, 9.17) is 4.74 Å². The highest BCUT2D eigenvalue weighted by molar-refractivity contribution is 7.92. The molecule has 0 spiro atoms. The minimum Gasteiger partial charge on any atom is -0.447 e. The topological polar surface area (TPSA) is 75.7 Å². The third kappa shape index (κ3) is 4.60. The van der Waals surface area contributed by atoms with Crippen LogP contribution in [0, 0.1) is 0 Å². The van der Waals surface area contributed by atoms with Gasteiger partial charge in [0.1, 0.15) is 0 Å². The lowest BCUT2D eigenvalue weighted by molar-refractivity contribution is -0.0435. The zero-order valence-corrected chi connectivity index (χ0v) is 15.2. The molecule has 2 rings (SSSR count). The Hall–Kier alpha value is -1.97. The van der Waals surface area contributed by atoms with E-state index in [0.717, 1.165) is 6.07 Å². The van der Waals surface area contributed by atoms with Crippen molar-refractivity contribution in [1.82, 2.24) is 4.90 Å². The van der Waals surface area contributed by atoms with Crippen LogP contribution in [0.1, 0.15) is 26.7 Å². The molecule has 0 aromatic heterocycles. The summed E-state index contributed by atoms with van der Waals surface area (Å²) in [6, 6.07) is 4.70. The Bertz CT molecular complexity index is 742. The molecule has 1 saturated heterocycles. The highest BCUT2D eigenvalue weighted by Crippen LogP contribution is 2.34. The first-order valence-corrected chi connectivity index (χ1v) is 9.63. The maximum atomic E-state index is 12.8. The quantitative estimate of drug-likeness (QED) is 0.847. The van der Waals surface area contributed by atoms with Gasteiger partial charge in [-0.15, -0.1) is 0 Å². The summed E-state index contributed by atoms with van der Waals surface area (Å²) in [6.07, 6.45) is 0.262. The molecule has 1 heterocycles. The first-order chi connectivity index (χ1) is 12.0. The molecule has 146 valence electrons. The van der Waals surface area contributed by atoms with E-state index in [2.05, 4.69) is 5.32 Å². The van der Waals surface area contributed by atoms with Crippen LogP contribution < -0.4 is 5.32 Å². The highest BCUT2D eigenvalue weighted by Gasteiger charge is 2.48. The number of ether oxygens (including phenoxy) is 1. The Morgan fingerprint density at radius 2 is 1.81 bits per heavy atom. The number of nitrogens with one attached hydrogen (secondary N) is 1. The number of amides is 1. The summed E-state index contributed by atoms with van der Waals surface area (Å²) < 4.78 is 67.1. The van der Waals surface area contributed by atoms with Crippen molar-refractivity contribution in [2.45, 2.75) is 49.2 Å². The minimum atomic E-state index is -5.44. The van der Waals surface area contributed by atoms with E-state index < -0.39 is 26.3 Å². The molecule has 0 aliphatic carbocycles. The number of para-hydroxylation sites is 1. The predicted octanol–water partition coefficient (Wildman–Crippen LogP) is 3.40. The number of likely N-dealkylation sites (tertiary alicyclic amines) is 1. The molecule has 1 aromatic carbocycles. The normalized spacial score (nSPS) is 16.6. The van der Waals surface area contributed by atoms with Gasteiger partial charge < -0.3 is 15.0 Å². The van der Waals surface area contributed by atoms with Crippen molar-refractivity contribution in [3.05, 3.63) is 24.3 Å². The van der Waals surface area contributed by atoms with Crippen molar-refractivity contribution in [1.29, 1.82) is 0 Å². The monoisotopic (exact) mass is 394 g/mol. The van der Waals surface area contributed by atoms with Crippen molar-refractivity contribution in [2.24, 2.45) is 0 Å². The van der Waals surface area contributed by atoms with Crippen molar-refractivity contribution >= 4 is 21.6 Å². The number of rotatable bonds is 4. The van der Waals surface area contributed by atoms with E-state index in [1.807, 2.05) is 0 Å². The van der Waals surface area contributed by atoms with E-state index in [0.29, 0.717) is 25.9 Å². The van der Waals surface area contributed by atoms with E-state index in [9.17, 15) is 26.4 Å². The van der Waals surface area contributed by atoms with Crippen LogP contribution in [0.4, 0.5) is 23.7 Å². The average molecular weight is 394 g/mol. The fourth-order valence-electron chi connectivity index (χ4n) is 2.65. The zero-order chi connectivity index (χ0) is 19.5. The van der Waals surface area contributed by atoms with Gasteiger partial charge in [-0.2, -0.15) is 13.2 Å². The van der Waals surface area contributed by atoms with Crippen molar-refractivity contribution in [2.75, 3.05) is 18.4 Å². The van der Waals surface area contributed by atoms with Crippen molar-refractivity contribution in [3.8, 4) is 0 Å². The molecule has 0 radical (unpaired) electrons. The van der Waals surface area contributed by atoms with Crippen LogP contribution in [0.15, 0.2) is 29.2 Å². The first kappa shape index (κ1) is 20.3. The SMILES string of the molecule is CC(C)OC(=O)N1CCC(Nc2ccccc2S(=O)(=O)C(F)(F)F)CC1. The molecule has 0 bridgehead atoms. The standard InChI is InChI=1S/C16H21F3N2O4S/c1-11(2)25-15(22)21-9-7-12(8-10-21)20-13-5-3-4-6-14(13)26(23,24)16(17,18)19/h3-6,11-12,20H,7-10H2,1-2H3. The molecule has 10 heteroatoms. The van der Waals surface area contributed by atoms with Crippen LogP contribution in [0.2, 0.25) is 0 Å². The molecule has 1 amide bonds. The number of halogens is 3. The Balaban J connectivity index is 2.07. The minimum absolute atomic E-state index is 0.0898. The second-order valence-electron chi connectivity index (χ2n) is 6.28. The number of anilines is 1. The number of nitrogens with zero attached hydrogens (tertiary/aromatic N) is 1. The van der Waals surface area contributed by atoms with E-state index in [1.165, 1.54) is 23.1 Å². The van der Waals surface area contributed by atoms with Crippen molar-refractivity contribution < 1.29 is 31.1 Å². The van der Waals surface area contributed by atoms with Crippen LogP contribution in [-0.4, -0.2) is 50.2 Å². The Morgan fingerprint density at radius 1 is 1.23 bits per heavy atom. The smallest absolute Gasteiger partial charge is 0.447 e. The number of piperidine rings is 1. The molecule has 1 fully saturated rings. The van der Waals surface area contributed by atoms with Gasteiger partial charge in [0.25, 0.3) is 9.84 Å². The second kappa shape index (κ2) is 7.73. The number of alkyl halides is 3. The third-order valence-electron chi connectivity index (χ3n) is 3.93. The summed E-state index contributed by atoms with van der Waals surface area (Å²) in [4.78, 5) is 12.6. The number of hydrogen-bond donors (Lipinski definition) is 1. The molecule has 0 saturated carbocycles. The van der Waals surface area contributed by atoms with Gasteiger partial charge in [-0.1, -0.05) is 12.1 Å². The molecular weight excluding hydrogens is 373 g/mol. The van der Waals surface area contributed by atoms with Gasteiger partial charge in [0.05, 0.1) is 16.7 Å². The van der Waals surface area contributed by atoms with Gasteiger partial charge >= 0.3 is 11.6 Å². The van der Waals surface area contributed by atoms with Gasteiger partial charge in [0.2, 0.25) is 0 Å². The maximum absolute atomic E-state index is 12.8. The third-order valence-corrected chi connectivity index (χ3v) is 5.48. The summed E-state index contributed by atoms with van der Waals surface area (Å²) in [5.41, 5.74) is -5.46. The fraction of sp³-hybridized carbons (Fsp3) is 0.562.